The summed E-state index contributed by atoms with van der Waals surface area (Å²) in [6, 6.07) is 0.0191. The van der Waals surface area contributed by atoms with Crippen LogP contribution >= 0.6 is 0 Å². The first-order chi connectivity index (χ1) is 7.80. The molecule has 1 rings (SSSR count). The van der Waals surface area contributed by atoms with E-state index in [1.165, 1.54) is 0 Å². The average Bonchev–Trinajstić information content (AvgIpc) is 2.59. The van der Waals surface area contributed by atoms with Crippen molar-refractivity contribution in [2.45, 2.75) is 33.7 Å². The predicted octanol–water partition coefficient (Wildman–Crippen LogP) is 1.33. The van der Waals surface area contributed by atoms with Gasteiger partial charge in [0.1, 0.15) is 0 Å². The normalized spacial score (nSPS) is 14.2. The number of nitrogens with zero attached hydrogens (tertiary/aromatic N) is 2. The highest BCUT2D eigenvalue weighted by atomic mass is 32.2. The smallest absolute Gasteiger partial charge is 0.211 e. The molecule has 0 saturated heterocycles. The lowest BCUT2D eigenvalue weighted by Gasteiger charge is -2.14. The molecule has 1 atom stereocenters. The van der Waals surface area contributed by atoms with Crippen LogP contribution in [0.1, 0.15) is 32.4 Å². The molecule has 0 aliphatic rings. The van der Waals surface area contributed by atoms with E-state index in [1.807, 2.05) is 33.9 Å². The van der Waals surface area contributed by atoms with E-state index in [0.29, 0.717) is 6.54 Å². The highest BCUT2D eigenvalue weighted by Crippen LogP contribution is 2.06. The quantitative estimate of drug-likeness (QED) is 0.838. The Morgan fingerprint density at radius 3 is 2.53 bits per heavy atom. The minimum Gasteiger partial charge on any atom is -0.268 e. The largest absolute Gasteiger partial charge is 0.268 e. The summed E-state index contributed by atoms with van der Waals surface area (Å²) < 4.78 is 27.7. The maximum Gasteiger partial charge on any atom is 0.211 e. The maximum absolute atomic E-state index is 11.6. The molecule has 1 aromatic rings. The molecule has 1 heterocycles. The molecular weight excluding hydrogens is 238 g/mol. The fourth-order valence-corrected chi connectivity index (χ4v) is 3.00. The van der Waals surface area contributed by atoms with Gasteiger partial charge in [-0.25, -0.2) is 13.1 Å². The van der Waals surface area contributed by atoms with Crippen LogP contribution in [0.4, 0.5) is 0 Å². The molecule has 0 unspecified atom stereocenters. The van der Waals surface area contributed by atoms with Gasteiger partial charge in [-0.15, -0.1) is 0 Å². The Labute approximate surface area is 103 Å². The molecule has 0 radical (unpaired) electrons. The Hall–Kier alpha value is -0.880. The third-order valence-corrected chi connectivity index (χ3v) is 4.05. The second kappa shape index (κ2) is 5.64. The van der Waals surface area contributed by atoms with E-state index in [0.717, 1.165) is 5.56 Å². The molecule has 0 bridgehead atoms. The molecule has 0 fully saturated rings. The summed E-state index contributed by atoms with van der Waals surface area (Å²) in [5, 5.41) is 4.16. The fraction of sp³-hybridized carbons (Fsp3) is 0.727. The minimum atomic E-state index is -3.17. The van der Waals surface area contributed by atoms with Crippen molar-refractivity contribution >= 4 is 10.0 Å². The van der Waals surface area contributed by atoms with Crippen LogP contribution in [-0.4, -0.2) is 30.5 Å². The lowest BCUT2D eigenvalue weighted by atomic mass is 10.3. The zero-order valence-electron chi connectivity index (χ0n) is 10.8. The van der Waals surface area contributed by atoms with E-state index in [-0.39, 0.29) is 17.7 Å². The third-order valence-electron chi connectivity index (χ3n) is 2.33. The number of aryl methyl sites for hydroxylation is 1. The fourth-order valence-electron chi connectivity index (χ4n) is 1.51. The van der Waals surface area contributed by atoms with Gasteiger partial charge in [0.05, 0.1) is 18.0 Å². The molecule has 1 aromatic heterocycles. The van der Waals surface area contributed by atoms with Crippen LogP contribution in [0.25, 0.3) is 0 Å². The minimum absolute atomic E-state index is 0.0191. The van der Waals surface area contributed by atoms with Gasteiger partial charge in [0, 0.05) is 12.7 Å². The monoisotopic (exact) mass is 259 g/mol. The van der Waals surface area contributed by atoms with Crippen molar-refractivity contribution in [1.82, 2.24) is 14.5 Å². The third kappa shape index (κ3) is 4.87. The summed E-state index contributed by atoms with van der Waals surface area (Å²) in [6.07, 6.45) is 3.67. The lowest BCUT2D eigenvalue weighted by molar-refractivity contribution is 0.477. The summed E-state index contributed by atoms with van der Waals surface area (Å²) in [5.74, 6) is 0.299. The number of nitrogens with one attached hydrogen (secondary N) is 1. The first-order valence-electron chi connectivity index (χ1n) is 5.78. The van der Waals surface area contributed by atoms with E-state index in [1.54, 1.807) is 10.9 Å². The summed E-state index contributed by atoms with van der Waals surface area (Å²) in [6.45, 7) is 8.04. The SMILES string of the molecule is Cc1cnn([C@@H](C)CNS(=O)(=O)CC(C)C)c1. The maximum atomic E-state index is 11.6. The zero-order chi connectivity index (χ0) is 13.1. The highest BCUT2D eigenvalue weighted by molar-refractivity contribution is 7.89. The second-order valence-electron chi connectivity index (χ2n) is 4.87. The molecule has 1 N–H and O–H groups in total. The molecule has 0 amide bonds. The molecule has 0 aromatic carbocycles. The lowest BCUT2D eigenvalue weighted by Crippen LogP contribution is -2.33. The molecule has 0 saturated carbocycles. The van der Waals surface area contributed by atoms with Gasteiger partial charge in [0.2, 0.25) is 10.0 Å². The Kier molecular flexibility index (Phi) is 4.70. The topological polar surface area (TPSA) is 64.0 Å². The van der Waals surface area contributed by atoms with Crippen molar-refractivity contribution in [2.24, 2.45) is 5.92 Å². The number of sulfonamides is 1. The van der Waals surface area contributed by atoms with Gasteiger partial charge in [0.25, 0.3) is 0 Å². The van der Waals surface area contributed by atoms with Gasteiger partial charge in [-0.1, -0.05) is 13.8 Å². The summed E-state index contributed by atoms with van der Waals surface area (Å²) in [5.41, 5.74) is 1.07. The first kappa shape index (κ1) is 14.2. The Morgan fingerprint density at radius 1 is 1.41 bits per heavy atom. The summed E-state index contributed by atoms with van der Waals surface area (Å²) >= 11 is 0. The number of rotatable bonds is 6. The Morgan fingerprint density at radius 2 is 2.06 bits per heavy atom. The standard InChI is InChI=1S/C11H21N3O2S/c1-9(2)8-17(15,16)13-6-11(4)14-7-10(3)5-12-14/h5,7,9,11,13H,6,8H2,1-4H3/t11-/m0/s1. The van der Waals surface area contributed by atoms with Gasteiger partial charge in [0.15, 0.2) is 0 Å². The average molecular weight is 259 g/mol. The van der Waals surface area contributed by atoms with Gasteiger partial charge < -0.3 is 0 Å². The predicted molar refractivity (Wildman–Crippen MR) is 68.3 cm³/mol. The van der Waals surface area contributed by atoms with Crippen molar-refractivity contribution in [3.63, 3.8) is 0 Å². The van der Waals surface area contributed by atoms with Crippen molar-refractivity contribution < 1.29 is 8.42 Å². The van der Waals surface area contributed by atoms with Crippen molar-refractivity contribution in [3.8, 4) is 0 Å². The molecule has 0 aliphatic heterocycles. The van der Waals surface area contributed by atoms with Gasteiger partial charge in [-0.3, -0.25) is 4.68 Å². The van der Waals surface area contributed by atoms with E-state index in [9.17, 15) is 8.42 Å². The number of hydrogen-bond donors (Lipinski definition) is 1. The molecule has 17 heavy (non-hydrogen) atoms. The molecule has 0 aliphatic carbocycles. The Balaban J connectivity index is 2.51. The summed E-state index contributed by atoms with van der Waals surface area (Å²) in [7, 11) is -3.17. The molecule has 0 spiro atoms. The Bertz CT molecular complexity index is 451. The van der Waals surface area contributed by atoms with Crippen LogP contribution in [0.2, 0.25) is 0 Å². The van der Waals surface area contributed by atoms with Gasteiger partial charge >= 0.3 is 0 Å². The van der Waals surface area contributed by atoms with Gasteiger partial charge in [-0.2, -0.15) is 5.10 Å². The van der Waals surface area contributed by atoms with Crippen LogP contribution in [0, 0.1) is 12.8 Å². The molecule has 6 heteroatoms. The highest BCUT2D eigenvalue weighted by Gasteiger charge is 2.14. The van der Waals surface area contributed by atoms with Crippen LogP contribution in [-0.2, 0) is 10.0 Å². The van der Waals surface area contributed by atoms with E-state index in [4.69, 9.17) is 0 Å². The molecular formula is C11H21N3O2S. The number of hydrogen-bond acceptors (Lipinski definition) is 3. The van der Waals surface area contributed by atoms with Crippen molar-refractivity contribution in [2.75, 3.05) is 12.3 Å². The molecule has 98 valence electrons. The van der Waals surface area contributed by atoms with Gasteiger partial charge in [-0.05, 0) is 25.3 Å². The summed E-state index contributed by atoms with van der Waals surface area (Å²) in [4.78, 5) is 0. The van der Waals surface area contributed by atoms with Crippen LogP contribution in [0.15, 0.2) is 12.4 Å². The second-order valence-corrected chi connectivity index (χ2v) is 6.72. The van der Waals surface area contributed by atoms with Crippen LogP contribution in [0.3, 0.4) is 0 Å². The van der Waals surface area contributed by atoms with E-state index in [2.05, 4.69) is 9.82 Å². The van der Waals surface area contributed by atoms with Crippen molar-refractivity contribution in [3.05, 3.63) is 18.0 Å². The van der Waals surface area contributed by atoms with Crippen LogP contribution in [0.5, 0.6) is 0 Å². The van der Waals surface area contributed by atoms with E-state index >= 15 is 0 Å². The molecule has 5 nitrogen and oxygen atoms in total. The first-order valence-corrected chi connectivity index (χ1v) is 7.43. The zero-order valence-corrected chi connectivity index (χ0v) is 11.7. The van der Waals surface area contributed by atoms with Crippen molar-refractivity contribution in [1.29, 1.82) is 0 Å². The van der Waals surface area contributed by atoms with Crippen LogP contribution < -0.4 is 4.72 Å². The number of aromatic nitrogens is 2. The van der Waals surface area contributed by atoms with E-state index < -0.39 is 10.0 Å².